The van der Waals surface area contributed by atoms with Crippen LogP contribution in [0.3, 0.4) is 0 Å². The largest absolute Gasteiger partial charge is 0.492 e. The van der Waals surface area contributed by atoms with Crippen LogP contribution < -0.4 is 9.64 Å². The van der Waals surface area contributed by atoms with Crippen molar-refractivity contribution in [3.05, 3.63) is 60.4 Å². The van der Waals surface area contributed by atoms with Crippen LogP contribution in [0.2, 0.25) is 0 Å². The lowest BCUT2D eigenvalue weighted by molar-refractivity contribution is -0.123. The predicted octanol–water partition coefficient (Wildman–Crippen LogP) is 2.15. The van der Waals surface area contributed by atoms with Gasteiger partial charge in [-0.1, -0.05) is 18.2 Å². The molecule has 0 N–H and O–H groups in total. The fourth-order valence-electron chi connectivity index (χ4n) is 3.87. The van der Waals surface area contributed by atoms with Crippen LogP contribution in [-0.4, -0.2) is 67.0 Å². The van der Waals surface area contributed by atoms with E-state index >= 15 is 0 Å². The van der Waals surface area contributed by atoms with Crippen molar-refractivity contribution in [1.82, 2.24) is 9.80 Å². The number of nitrogens with zero attached hydrogens (tertiary/aromatic N) is 3. The number of piperazine rings is 1. The molecule has 0 spiro atoms. The van der Waals surface area contributed by atoms with Gasteiger partial charge in [0.15, 0.2) is 0 Å². The Morgan fingerprint density at radius 3 is 2.31 bits per heavy atom. The molecule has 2 aromatic rings. The van der Waals surface area contributed by atoms with E-state index in [1.807, 2.05) is 30.3 Å². The second kappa shape index (κ2) is 8.71. The maximum Gasteiger partial charge on any atom is 0.251 e. The molecule has 29 heavy (non-hydrogen) atoms. The summed E-state index contributed by atoms with van der Waals surface area (Å²) >= 11 is 0. The molecule has 6 nitrogen and oxygen atoms in total. The summed E-state index contributed by atoms with van der Waals surface area (Å²) in [5, 5.41) is 0. The molecule has 1 atom stereocenters. The number of rotatable bonds is 6. The van der Waals surface area contributed by atoms with E-state index in [2.05, 4.69) is 9.80 Å². The maximum atomic E-state index is 13.1. The number of amides is 2. The molecule has 2 fully saturated rings. The van der Waals surface area contributed by atoms with Gasteiger partial charge in [-0.05, 0) is 36.4 Å². The van der Waals surface area contributed by atoms with Gasteiger partial charge in [-0.2, -0.15) is 0 Å². The molecule has 2 aliphatic heterocycles. The number of carbonyl (C=O) groups excluding carboxylic acids is 2. The summed E-state index contributed by atoms with van der Waals surface area (Å²) in [4.78, 5) is 30.8. The zero-order valence-corrected chi connectivity index (χ0v) is 16.2. The van der Waals surface area contributed by atoms with Crippen LogP contribution in [0.5, 0.6) is 5.75 Å². The average Bonchev–Trinajstić information content (AvgIpc) is 3.04. The van der Waals surface area contributed by atoms with Crippen LogP contribution >= 0.6 is 0 Å². The first-order valence-corrected chi connectivity index (χ1v) is 9.88. The number of anilines is 1. The molecule has 2 saturated heterocycles. The summed E-state index contributed by atoms with van der Waals surface area (Å²) < 4.78 is 18.9. The Kier molecular flexibility index (Phi) is 5.87. The highest BCUT2D eigenvalue weighted by Crippen LogP contribution is 2.26. The average molecular weight is 397 g/mol. The standard InChI is InChI=1S/C22H24FN3O3/c23-17-6-8-18(9-7-17)26-21(27)16-20(22(26)28)25-12-10-24(11-13-25)14-15-29-19-4-2-1-3-5-19/h1-9,20H,10-16H2/t20-/m0/s1. The number of para-hydroxylation sites is 1. The lowest BCUT2D eigenvalue weighted by Crippen LogP contribution is -2.53. The van der Waals surface area contributed by atoms with Gasteiger partial charge in [0.1, 0.15) is 18.2 Å². The van der Waals surface area contributed by atoms with E-state index in [-0.39, 0.29) is 18.2 Å². The van der Waals surface area contributed by atoms with E-state index in [9.17, 15) is 14.0 Å². The van der Waals surface area contributed by atoms with Gasteiger partial charge < -0.3 is 4.74 Å². The fraction of sp³-hybridized carbons (Fsp3) is 0.364. The summed E-state index contributed by atoms with van der Waals surface area (Å²) in [6.45, 7) is 4.54. The molecule has 0 aliphatic carbocycles. The molecule has 0 bridgehead atoms. The molecule has 0 unspecified atom stereocenters. The van der Waals surface area contributed by atoms with Gasteiger partial charge in [0.05, 0.1) is 18.2 Å². The van der Waals surface area contributed by atoms with Crippen molar-refractivity contribution in [2.45, 2.75) is 12.5 Å². The van der Waals surface area contributed by atoms with Crippen molar-refractivity contribution in [2.24, 2.45) is 0 Å². The Balaban J connectivity index is 1.28. The zero-order valence-electron chi connectivity index (χ0n) is 16.2. The zero-order chi connectivity index (χ0) is 20.2. The first kappa shape index (κ1) is 19.5. The van der Waals surface area contributed by atoms with Crippen molar-refractivity contribution in [3.8, 4) is 5.75 Å². The fourth-order valence-corrected chi connectivity index (χ4v) is 3.87. The van der Waals surface area contributed by atoms with Crippen LogP contribution in [0.15, 0.2) is 54.6 Å². The summed E-state index contributed by atoms with van der Waals surface area (Å²) in [7, 11) is 0. The van der Waals surface area contributed by atoms with Crippen LogP contribution in [0.25, 0.3) is 0 Å². The molecule has 0 aromatic heterocycles. The van der Waals surface area contributed by atoms with Crippen LogP contribution in [0.1, 0.15) is 6.42 Å². The predicted molar refractivity (Wildman–Crippen MR) is 107 cm³/mol. The molecule has 4 rings (SSSR count). The summed E-state index contributed by atoms with van der Waals surface area (Å²) in [5.74, 6) is 0.0200. The van der Waals surface area contributed by atoms with E-state index in [1.165, 1.54) is 29.2 Å². The third-order valence-corrected chi connectivity index (χ3v) is 5.47. The van der Waals surface area contributed by atoms with Gasteiger partial charge in [-0.3, -0.25) is 19.4 Å². The number of ether oxygens (including phenoxy) is 1. The van der Waals surface area contributed by atoms with Crippen LogP contribution in [0.4, 0.5) is 10.1 Å². The number of benzene rings is 2. The second-order valence-corrected chi connectivity index (χ2v) is 7.30. The molecular formula is C22H24FN3O3. The molecule has 0 saturated carbocycles. The van der Waals surface area contributed by atoms with Crippen molar-refractivity contribution < 1.29 is 18.7 Å². The van der Waals surface area contributed by atoms with Gasteiger partial charge in [-0.15, -0.1) is 0 Å². The first-order chi connectivity index (χ1) is 14.1. The summed E-state index contributed by atoms with van der Waals surface area (Å²) in [6, 6.07) is 14.8. The van der Waals surface area contributed by atoms with E-state index in [1.54, 1.807) is 0 Å². The van der Waals surface area contributed by atoms with Crippen molar-refractivity contribution in [3.63, 3.8) is 0 Å². The van der Waals surface area contributed by atoms with E-state index < -0.39 is 11.9 Å². The maximum absolute atomic E-state index is 13.1. The van der Waals surface area contributed by atoms with E-state index in [0.717, 1.165) is 38.5 Å². The van der Waals surface area contributed by atoms with Gasteiger partial charge in [0.25, 0.3) is 5.91 Å². The lowest BCUT2D eigenvalue weighted by atomic mass is 10.1. The summed E-state index contributed by atoms with van der Waals surface area (Å²) in [5.41, 5.74) is 0.431. The smallest absolute Gasteiger partial charge is 0.251 e. The highest BCUT2D eigenvalue weighted by atomic mass is 19.1. The third-order valence-electron chi connectivity index (χ3n) is 5.47. The monoisotopic (exact) mass is 397 g/mol. The van der Waals surface area contributed by atoms with Crippen molar-refractivity contribution in [1.29, 1.82) is 0 Å². The molecule has 152 valence electrons. The Hall–Kier alpha value is -2.77. The minimum Gasteiger partial charge on any atom is -0.492 e. The number of hydrogen-bond acceptors (Lipinski definition) is 5. The van der Waals surface area contributed by atoms with Crippen molar-refractivity contribution >= 4 is 17.5 Å². The van der Waals surface area contributed by atoms with E-state index in [4.69, 9.17) is 4.74 Å². The Labute approximate surface area is 169 Å². The third kappa shape index (κ3) is 4.46. The van der Waals surface area contributed by atoms with Crippen molar-refractivity contribution in [2.75, 3.05) is 44.2 Å². The van der Waals surface area contributed by atoms with Gasteiger partial charge in [0.2, 0.25) is 5.91 Å². The minimum atomic E-state index is -0.435. The molecular weight excluding hydrogens is 373 g/mol. The van der Waals surface area contributed by atoms with E-state index in [0.29, 0.717) is 12.3 Å². The Morgan fingerprint density at radius 2 is 1.62 bits per heavy atom. The SMILES string of the molecule is O=C1C[C@H](N2CCN(CCOc3ccccc3)CC2)C(=O)N1c1ccc(F)cc1. The second-order valence-electron chi connectivity index (χ2n) is 7.30. The number of imide groups is 1. The topological polar surface area (TPSA) is 53.1 Å². The minimum absolute atomic E-state index is 0.174. The Bertz CT molecular complexity index is 851. The quantitative estimate of drug-likeness (QED) is 0.700. The Morgan fingerprint density at radius 1 is 0.931 bits per heavy atom. The van der Waals surface area contributed by atoms with Gasteiger partial charge in [-0.25, -0.2) is 9.29 Å². The lowest BCUT2D eigenvalue weighted by Gasteiger charge is -2.36. The number of halogens is 1. The summed E-state index contributed by atoms with van der Waals surface area (Å²) in [6.07, 6.45) is 0.174. The highest BCUT2D eigenvalue weighted by molar-refractivity contribution is 6.22. The van der Waals surface area contributed by atoms with Gasteiger partial charge in [0, 0.05) is 32.7 Å². The molecule has 2 aliphatic rings. The number of carbonyl (C=O) groups is 2. The first-order valence-electron chi connectivity index (χ1n) is 9.88. The highest BCUT2D eigenvalue weighted by Gasteiger charge is 2.43. The number of hydrogen-bond donors (Lipinski definition) is 0. The molecule has 0 radical (unpaired) electrons. The van der Waals surface area contributed by atoms with Crippen LogP contribution in [-0.2, 0) is 9.59 Å². The van der Waals surface area contributed by atoms with Crippen LogP contribution in [0, 0.1) is 5.82 Å². The molecule has 2 heterocycles. The molecule has 2 amide bonds. The molecule has 7 heteroatoms. The molecule has 2 aromatic carbocycles. The van der Waals surface area contributed by atoms with Gasteiger partial charge >= 0.3 is 0 Å². The normalized spacial score (nSPS) is 21.0.